The number of phenolic OH excluding ortho intramolecular Hbond substituents is 1. The van der Waals surface area contributed by atoms with Gasteiger partial charge in [-0.2, -0.15) is 0 Å². The molecule has 1 rings (SSSR count). The third-order valence-electron chi connectivity index (χ3n) is 1.76. The minimum atomic E-state index is -0.340. The molecule has 0 saturated heterocycles. The van der Waals surface area contributed by atoms with Crippen molar-refractivity contribution < 1.29 is 15.0 Å². The fraction of sp³-hybridized carbons (Fsp3) is 0.300. The first-order valence-corrected chi connectivity index (χ1v) is 4.63. The quantitative estimate of drug-likeness (QED) is 0.572. The number of phenols is 1. The van der Waals surface area contributed by atoms with E-state index in [2.05, 4.69) is 10.6 Å². The lowest BCUT2D eigenvalue weighted by atomic mass is 10.2. The minimum absolute atomic E-state index is 0.0838. The molecular weight excluding hydrogens is 196 g/mol. The molecule has 1 aromatic rings. The van der Waals surface area contributed by atoms with Gasteiger partial charge in [0, 0.05) is 13.1 Å². The number of aromatic hydroxyl groups is 1. The molecule has 5 heteroatoms. The van der Waals surface area contributed by atoms with E-state index in [4.69, 9.17) is 10.2 Å². The zero-order valence-electron chi connectivity index (χ0n) is 8.23. The Bertz CT molecular complexity index is 328. The summed E-state index contributed by atoms with van der Waals surface area (Å²) in [5.74, 6) is 0.171. The van der Waals surface area contributed by atoms with Crippen molar-refractivity contribution in [2.24, 2.45) is 0 Å². The Kier molecular flexibility index (Phi) is 4.43. The summed E-state index contributed by atoms with van der Waals surface area (Å²) < 4.78 is 0. The van der Waals surface area contributed by atoms with E-state index in [-0.39, 0.29) is 24.9 Å². The topological polar surface area (TPSA) is 81.6 Å². The van der Waals surface area contributed by atoms with E-state index in [9.17, 15) is 4.79 Å². The van der Waals surface area contributed by atoms with Crippen molar-refractivity contribution in [1.82, 2.24) is 10.6 Å². The lowest BCUT2D eigenvalue weighted by Crippen LogP contribution is -2.36. The molecule has 0 heterocycles. The predicted molar refractivity (Wildman–Crippen MR) is 55.4 cm³/mol. The number of aliphatic hydroxyl groups excluding tert-OH is 1. The smallest absolute Gasteiger partial charge is 0.315 e. The van der Waals surface area contributed by atoms with Gasteiger partial charge < -0.3 is 20.8 Å². The number of benzene rings is 1. The molecule has 0 bridgehead atoms. The van der Waals surface area contributed by atoms with Gasteiger partial charge >= 0.3 is 6.03 Å². The molecule has 0 aromatic heterocycles. The maximum atomic E-state index is 11.1. The highest BCUT2D eigenvalue weighted by atomic mass is 16.3. The molecule has 0 aliphatic carbocycles. The summed E-state index contributed by atoms with van der Waals surface area (Å²) >= 11 is 0. The summed E-state index contributed by atoms with van der Waals surface area (Å²) in [6.45, 7) is 0.483. The average molecular weight is 210 g/mol. The second kappa shape index (κ2) is 5.87. The molecule has 0 unspecified atom stereocenters. The van der Waals surface area contributed by atoms with Gasteiger partial charge in [-0.1, -0.05) is 12.1 Å². The molecular formula is C10H14N2O3. The summed E-state index contributed by atoms with van der Waals surface area (Å²) in [7, 11) is 0. The van der Waals surface area contributed by atoms with Gasteiger partial charge in [0.1, 0.15) is 5.75 Å². The molecule has 0 saturated carbocycles. The van der Waals surface area contributed by atoms with E-state index in [0.29, 0.717) is 6.54 Å². The van der Waals surface area contributed by atoms with Crippen molar-refractivity contribution in [2.75, 3.05) is 13.2 Å². The third kappa shape index (κ3) is 4.33. The summed E-state index contributed by atoms with van der Waals surface area (Å²) in [5, 5.41) is 22.7. The zero-order valence-corrected chi connectivity index (χ0v) is 8.23. The molecule has 2 amide bonds. The Labute approximate surface area is 87.7 Å². The second-order valence-electron chi connectivity index (χ2n) is 3.00. The van der Waals surface area contributed by atoms with Gasteiger partial charge in [0.25, 0.3) is 0 Å². The van der Waals surface area contributed by atoms with Crippen LogP contribution in [-0.4, -0.2) is 29.4 Å². The Morgan fingerprint density at radius 3 is 2.80 bits per heavy atom. The number of nitrogens with one attached hydrogen (secondary N) is 2. The Balaban J connectivity index is 2.33. The van der Waals surface area contributed by atoms with Crippen molar-refractivity contribution in [3.63, 3.8) is 0 Å². The van der Waals surface area contributed by atoms with Crippen LogP contribution in [0, 0.1) is 0 Å². The first kappa shape index (κ1) is 11.3. The normalized spacial score (nSPS) is 9.67. The molecule has 0 radical (unpaired) electrons. The molecule has 4 N–H and O–H groups in total. The largest absolute Gasteiger partial charge is 0.508 e. The molecule has 0 aliphatic heterocycles. The molecule has 1 aromatic carbocycles. The summed E-state index contributed by atoms with van der Waals surface area (Å²) in [4.78, 5) is 11.1. The van der Waals surface area contributed by atoms with Gasteiger partial charge in [-0.05, 0) is 17.7 Å². The molecule has 0 spiro atoms. The van der Waals surface area contributed by atoms with Crippen LogP contribution in [-0.2, 0) is 6.54 Å². The van der Waals surface area contributed by atoms with Gasteiger partial charge in [0.2, 0.25) is 0 Å². The van der Waals surface area contributed by atoms with Gasteiger partial charge in [-0.25, -0.2) is 4.79 Å². The number of urea groups is 1. The highest BCUT2D eigenvalue weighted by molar-refractivity contribution is 5.73. The fourth-order valence-electron chi connectivity index (χ4n) is 1.08. The number of rotatable bonds is 4. The first-order valence-electron chi connectivity index (χ1n) is 4.63. The maximum Gasteiger partial charge on any atom is 0.315 e. The Hall–Kier alpha value is -1.75. The van der Waals surface area contributed by atoms with Crippen molar-refractivity contribution in [3.8, 4) is 5.75 Å². The van der Waals surface area contributed by atoms with Crippen LogP contribution in [0.15, 0.2) is 24.3 Å². The van der Waals surface area contributed by atoms with Crippen molar-refractivity contribution in [2.45, 2.75) is 6.54 Å². The van der Waals surface area contributed by atoms with Crippen LogP contribution in [0.25, 0.3) is 0 Å². The van der Waals surface area contributed by atoms with E-state index < -0.39 is 0 Å². The molecule has 82 valence electrons. The molecule has 0 fully saturated rings. The number of carbonyl (C=O) groups excluding carboxylic acids is 1. The number of amides is 2. The first-order chi connectivity index (χ1) is 7.22. The van der Waals surface area contributed by atoms with E-state index in [1.165, 1.54) is 0 Å². The van der Waals surface area contributed by atoms with Crippen molar-refractivity contribution >= 4 is 6.03 Å². The van der Waals surface area contributed by atoms with Crippen molar-refractivity contribution in [3.05, 3.63) is 29.8 Å². The van der Waals surface area contributed by atoms with Crippen LogP contribution in [0.2, 0.25) is 0 Å². The number of hydrogen-bond acceptors (Lipinski definition) is 3. The Morgan fingerprint density at radius 1 is 1.33 bits per heavy atom. The van der Waals surface area contributed by atoms with Gasteiger partial charge in [-0.3, -0.25) is 0 Å². The van der Waals surface area contributed by atoms with Crippen LogP contribution in [0.3, 0.4) is 0 Å². The van der Waals surface area contributed by atoms with Gasteiger partial charge in [0.15, 0.2) is 0 Å². The molecule has 0 aliphatic rings. The van der Waals surface area contributed by atoms with Crippen molar-refractivity contribution in [1.29, 1.82) is 0 Å². The maximum absolute atomic E-state index is 11.1. The van der Waals surface area contributed by atoms with E-state index in [1.807, 2.05) is 0 Å². The van der Waals surface area contributed by atoms with Gasteiger partial charge in [-0.15, -0.1) is 0 Å². The molecule has 5 nitrogen and oxygen atoms in total. The van der Waals surface area contributed by atoms with E-state index >= 15 is 0 Å². The number of aliphatic hydroxyl groups is 1. The van der Waals surface area contributed by atoms with E-state index in [0.717, 1.165) is 5.56 Å². The minimum Gasteiger partial charge on any atom is -0.508 e. The Morgan fingerprint density at radius 2 is 2.13 bits per heavy atom. The summed E-state index contributed by atoms with van der Waals surface area (Å²) in [6, 6.07) is 6.30. The number of hydrogen-bond donors (Lipinski definition) is 4. The molecule has 0 atom stereocenters. The monoisotopic (exact) mass is 210 g/mol. The van der Waals surface area contributed by atoms with Crippen LogP contribution in [0.1, 0.15) is 5.56 Å². The summed E-state index contributed by atoms with van der Waals surface area (Å²) in [6.07, 6.45) is 0. The van der Waals surface area contributed by atoms with Crippen LogP contribution < -0.4 is 10.6 Å². The highest BCUT2D eigenvalue weighted by Gasteiger charge is 1.99. The predicted octanol–water partition coefficient (Wildman–Crippen LogP) is 0.184. The number of carbonyl (C=O) groups is 1. The lowest BCUT2D eigenvalue weighted by molar-refractivity contribution is 0.234. The summed E-state index contributed by atoms with van der Waals surface area (Å²) in [5.41, 5.74) is 0.814. The third-order valence-corrected chi connectivity index (χ3v) is 1.76. The second-order valence-corrected chi connectivity index (χ2v) is 3.00. The lowest BCUT2D eigenvalue weighted by Gasteiger charge is -2.06. The average Bonchev–Trinajstić information content (AvgIpc) is 2.23. The van der Waals surface area contributed by atoms with Crippen LogP contribution >= 0.6 is 0 Å². The standard InChI is InChI=1S/C10H14N2O3/c13-5-4-11-10(15)12-7-8-2-1-3-9(14)6-8/h1-3,6,13-14H,4-5,7H2,(H2,11,12,15). The van der Waals surface area contributed by atoms with Crippen LogP contribution in [0.4, 0.5) is 4.79 Å². The highest BCUT2D eigenvalue weighted by Crippen LogP contribution is 2.10. The fourth-order valence-corrected chi connectivity index (χ4v) is 1.08. The molecule has 15 heavy (non-hydrogen) atoms. The van der Waals surface area contributed by atoms with E-state index in [1.54, 1.807) is 24.3 Å². The van der Waals surface area contributed by atoms with Gasteiger partial charge in [0.05, 0.1) is 6.61 Å². The van der Waals surface area contributed by atoms with Crippen LogP contribution in [0.5, 0.6) is 5.75 Å². The SMILES string of the molecule is O=C(NCCO)NCc1cccc(O)c1. The zero-order chi connectivity index (χ0) is 11.1.